The summed E-state index contributed by atoms with van der Waals surface area (Å²) in [7, 11) is 2.90. The summed E-state index contributed by atoms with van der Waals surface area (Å²) >= 11 is 13.4. The number of rotatable bonds is 10. The van der Waals surface area contributed by atoms with Crippen LogP contribution < -0.4 is 15.2 Å². The predicted octanol–water partition coefficient (Wildman–Crippen LogP) is 5.32. The van der Waals surface area contributed by atoms with Gasteiger partial charge in [-0.25, -0.2) is 14.8 Å². The van der Waals surface area contributed by atoms with Crippen LogP contribution in [0.2, 0.25) is 10.0 Å². The van der Waals surface area contributed by atoms with Crippen molar-refractivity contribution in [1.29, 1.82) is 0 Å². The Morgan fingerprint density at radius 2 is 1.57 bits per heavy atom. The zero-order valence-electron chi connectivity index (χ0n) is 22.3. The lowest BCUT2D eigenvalue weighted by molar-refractivity contribution is 0.0698. The number of hydrogen-bond acceptors (Lipinski definition) is 8. The highest BCUT2D eigenvalue weighted by Crippen LogP contribution is 2.47. The highest BCUT2D eigenvalue weighted by molar-refractivity contribution is 6.41. The van der Waals surface area contributed by atoms with E-state index in [9.17, 15) is 14.7 Å². The standard InChI is InChI=1S/C28H27Cl2N5O5/c1-5-35(6-2)13-14-7-8-15(26(33-14)27(31)36)18-12-32-24-17(28(37)38)10-9-16(25(24)34-18)21-22(29)19(39-3)11-20(40-4)23(21)30/h7-12H,5-6,13H2,1-4H3,(H2,31,36)(H,37,38). The van der Waals surface area contributed by atoms with Crippen molar-refractivity contribution in [3.05, 3.63) is 63.5 Å². The molecule has 0 spiro atoms. The van der Waals surface area contributed by atoms with Crippen molar-refractivity contribution < 1.29 is 24.2 Å². The molecule has 0 aliphatic rings. The van der Waals surface area contributed by atoms with Crippen LogP contribution in [0, 0.1) is 0 Å². The number of carboxylic acids is 1. The maximum absolute atomic E-state index is 12.5. The fourth-order valence-corrected chi connectivity index (χ4v) is 5.09. The minimum atomic E-state index is -1.20. The first-order valence-corrected chi connectivity index (χ1v) is 13.1. The smallest absolute Gasteiger partial charge is 0.337 e. The quantitative estimate of drug-likeness (QED) is 0.253. The minimum Gasteiger partial charge on any atom is -0.495 e. The number of benzene rings is 2. The SMILES string of the molecule is CCN(CC)Cc1ccc(-c2cnc3c(C(=O)O)ccc(-c4c(Cl)c(OC)cc(OC)c4Cl)c3n2)c(C(N)=O)n1. The number of halogens is 2. The van der Waals surface area contributed by atoms with E-state index in [1.807, 2.05) is 13.8 Å². The largest absolute Gasteiger partial charge is 0.495 e. The van der Waals surface area contributed by atoms with Gasteiger partial charge in [-0.2, -0.15) is 0 Å². The van der Waals surface area contributed by atoms with Crippen LogP contribution in [0.15, 0.2) is 36.5 Å². The molecule has 2 aromatic carbocycles. The number of nitrogens with zero attached hydrogens (tertiary/aromatic N) is 4. The maximum Gasteiger partial charge on any atom is 0.337 e. The lowest BCUT2D eigenvalue weighted by Crippen LogP contribution is -2.24. The van der Waals surface area contributed by atoms with E-state index in [1.54, 1.807) is 18.2 Å². The third-order valence-electron chi connectivity index (χ3n) is 6.52. The van der Waals surface area contributed by atoms with Crippen LogP contribution in [0.25, 0.3) is 33.4 Å². The van der Waals surface area contributed by atoms with Gasteiger partial charge in [0.15, 0.2) is 0 Å². The molecule has 0 atom stereocenters. The van der Waals surface area contributed by atoms with E-state index < -0.39 is 11.9 Å². The lowest BCUT2D eigenvalue weighted by atomic mass is 9.99. The second-order valence-electron chi connectivity index (χ2n) is 8.73. The molecule has 1 amide bonds. The summed E-state index contributed by atoms with van der Waals surface area (Å²) in [4.78, 5) is 40.3. The zero-order valence-corrected chi connectivity index (χ0v) is 23.8. The van der Waals surface area contributed by atoms with E-state index in [0.717, 1.165) is 13.1 Å². The molecule has 4 aromatic rings. The molecule has 12 heteroatoms. The number of aromatic carboxylic acids is 1. The van der Waals surface area contributed by atoms with Crippen molar-refractivity contribution in [3.8, 4) is 33.9 Å². The average molecular weight is 584 g/mol. The summed E-state index contributed by atoms with van der Waals surface area (Å²) in [6.07, 6.45) is 1.38. The fourth-order valence-electron chi connectivity index (χ4n) is 4.38. The van der Waals surface area contributed by atoms with Crippen molar-refractivity contribution in [3.63, 3.8) is 0 Å². The Morgan fingerprint density at radius 3 is 2.12 bits per heavy atom. The van der Waals surface area contributed by atoms with Gasteiger partial charge in [-0.1, -0.05) is 43.1 Å². The number of amides is 1. The van der Waals surface area contributed by atoms with E-state index >= 15 is 0 Å². The summed E-state index contributed by atoms with van der Waals surface area (Å²) in [5, 5.41) is 10.2. The number of primary amides is 1. The van der Waals surface area contributed by atoms with Crippen LogP contribution in [0.3, 0.4) is 0 Å². The molecule has 0 unspecified atom stereocenters. The number of nitrogens with two attached hydrogens (primary N) is 1. The van der Waals surface area contributed by atoms with Gasteiger partial charge >= 0.3 is 5.97 Å². The van der Waals surface area contributed by atoms with Gasteiger partial charge in [0.2, 0.25) is 0 Å². The first-order chi connectivity index (χ1) is 19.1. The number of methoxy groups -OCH3 is 2. The third-order valence-corrected chi connectivity index (χ3v) is 7.27. The number of carboxylic acid groups (broad SMARTS) is 1. The van der Waals surface area contributed by atoms with Gasteiger partial charge in [0.05, 0.1) is 52.9 Å². The molecular formula is C28H27Cl2N5O5. The number of ether oxygens (including phenoxy) is 2. The van der Waals surface area contributed by atoms with Crippen LogP contribution in [-0.4, -0.2) is 64.1 Å². The highest BCUT2D eigenvalue weighted by Gasteiger charge is 2.24. The average Bonchev–Trinajstić information content (AvgIpc) is 2.95. The number of aromatic nitrogens is 3. The number of carbonyl (C=O) groups is 2. The second-order valence-corrected chi connectivity index (χ2v) is 9.48. The predicted molar refractivity (Wildman–Crippen MR) is 153 cm³/mol. The van der Waals surface area contributed by atoms with E-state index in [-0.39, 0.29) is 38.0 Å². The Labute approximate surface area is 240 Å². The summed E-state index contributed by atoms with van der Waals surface area (Å²) in [5.41, 5.74) is 7.90. The number of pyridine rings is 1. The van der Waals surface area contributed by atoms with Gasteiger partial charge < -0.3 is 20.3 Å². The zero-order chi connectivity index (χ0) is 29.1. The molecule has 0 fully saturated rings. The second kappa shape index (κ2) is 12.0. The summed E-state index contributed by atoms with van der Waals surface area (Å²) in [6, 6.07) is 7.98. The molecule has 2 aromatic heterocycles. The maximum atomic E-state index is 12.5. The molecule has 208 valence electrons. The molecule has 3 N–H and O–H groups in total. The molecule has 0 bridgehead atoms. The monoisotopic (exact) mass is 583 g/mol. The van der Waals surface area contributed by atoms with Crippen LogP contribution in [0.1, 0.15) is 40.4 Å². The van der Waals surface area contributed by atoms with Gasteiger partial charge in [-0.3, -0.25) is 14.7 Å². The lowest BCUT2D eigenvalue weighted by Gasteiger charge is -2.18. The first kappa shape index (κ1) is 29.0. The molecule has 0 aliphatic heterocycles. The molecule has 2 heterocycles. The van der Waals surface area contributed by atoms with Crippen molar-refractivity contribution in [2.24, 2.45) is 5.73 Å². The Bertz CT molecular complexity index is 1600. The fraction of sp³-hybridized carbons (Fsp3) is 0.250. The van der Waals surface area contributed by atoms with Crippen LogP contribution in [-0.2, 0) is 6.54 Å². The van der Waals surface area contributed by atoms with Gasteiger partial charge in [-0.05, 0) is 31.3 Å². The molecule has 10 nitrogen and oxygen atoms in total. The topological polar surface area (TPSA) is 141 Å². The van der Waals surface area contributed by atoms with E-state index in [4.69, 9.17) is 43.4 Å². The van der Waals surface area contributed by atoms with Gasteiger partial charge in [0.1, 0.15) is 22.7 Å². The van der Waals surface area contributed by atoms with E-state index in [2.05, 4.69) is 14.9 Å². The summed E-state index contributed by atoms with van der Waals surface area (Å²) in [5.74, 6) is -1.34. The molecule has 0 saturated carbocycles. The van der Waals surface area contributed by atoms with Gasteiger partial charge in [0, 0.05) is 29.3 Å². The van der Waals surface area contributed by atoms with Crippen LogP contribution in [0.5, 0.6) is 11.5 Å². The van der Waals surface area contributed by atoms with Crippen LogP contribution >= 0.6 is 23.2 Å². The molecule has 0 aliphatic carbocycles. The first-order valence-electron chi connectivity index (χ1n) is 12.3. The van der Waals surface area contributed by atoms with Crippen molar-refractivity contribution >= 4 is 46.1 Å². The number of carbonyl (C=O) groups excluding carboxylic acids is 1. The minimum absolute atomic E-state index is 0.0216. The molecule has 0 radical (unpaired) electrons. The van der Waals surface area contributed by atoms with Crippen molar-refractivity contribution in [2.45, 2.75) is 20.4 Å². The molecule has 40 heavy (non-hydrogen) atoms. The van der Waals surface area contributed by atoms with E-state index in [1.165, 1.54) is 32.5 Å². The van der Waals surface area contributed by atoms with Crippen molar-refractivity contribution in [1.82, 2.24) is 19.9 Å². The number of hydrogen-bond donors (Lipinski definition) is 2. The van der Waals surface area contributed by atoms with Crippen molar-refractivity contribution in [2.75, 3.05) is 27.3 Å². The third kappa shape index (κ3) is 5.38. The normalized spacial score (nSPS) is 11.2. The Morgan fingerprint density at radius 1 is 0.950 bits per heavy atom. The Balaban J connectivity index is 2.00. The Kier molecular flexibility index (Phi) is 8.73. The van der Waals surface area contributed by atoms with Gasteiger partial charge in [-0.15, -0.1) is 0 Å². The molecular weight excluding hydrogens is 557 g/mol. The molecule has 4 rings (SSSR count). The highest BCUT2D eigenvalue weighted by atomic mass is 35.5. The number of fused-ring (bicyclic) bond motifs is 1. The molecule has 0 saturated heterocycles. The Hall–Kier alpha value is -3.99. The van der Waals surface area contributed by atoms with Gasteiger partial charge in [0.25, 0.3) is 5.91 Å². The van der Waals surface area contributed by atoms with E-state index in [0.29, 0.717) is 40.4 Å². The van der Waals surface area contributed by atoms with Crippen LogP contribution in [0.4, 0.5) is 0 Å². The summed E-state index contributed by atoms with van der Waals surface area (Å²) < 4.78 is 10.8. The summed E-state index contributed by atoms with van der Waals surface area (Å²) in [6.45, 7) is 6.25.